The predicted octanol–water partition coefficient (Wildman–Crippen LogP) is -6.79. The van der Waals surface area contributed by atoms with E-state index in [-0.39, 0.29) is 0 Å². The third-order valence-corrected chi connectivity index (χ3v) is 6.14. The molecular formula is C19H33NO15. The van der Waals surface area contributed by atoms with Crippen molar-refractivity contribution in [1.29, 1.82) is 0 Å². The first-order valence-electron chi connectivity index (χ1n) is 11.0. The quantitative estimate of drug-likeness (QED) is 0.144. The largest absolute Gasteiger partial charge is 0.394 e. The van der Waals surface area contributed by atoms with Crippen LogP contribution in [0.3, 0.4) is 0 Å². The minimum atomic E-state index is -1.88. The fraction of sp³-hybridized carbons (Fsp3) is 0.947. The van der Waals surface area contributed by atoms with Gasteiger partial charge < -0.3 is 75.0 Å². The van der Waals surface area contributed by atoms with Crippen molar-refractivity contribution >= 4 is 5.91 Å². The number of carbonyl (C=O) groups excluding carboxylic acids is 1. The maximum atomic E-state index is 11.6. The van der Waals surface area contributed by atoms with Crippen molar-refractivity contribution in [3.63, 3.8) is 0 Å². The first kappa shape index (κ1) is 28.5. The topological polar surface area (TPSA) is 257 Å². The van der Waals surface area contributed by atoms with Crippen molar-refractivity contribution in [2.45, 2.75) is 92.9 Å². The van der Waals surface area contributed by atoms with E-state index >= 15 is 0 Å². The van der Waals surface area contributed by atoms with Gasteiger partial charge in [0.1, 0.15) is 67.1 Å². The molecular weight excluding hydrogens is 482 g/mol. The van der Waals surface area contributed by atoms with Gasteiger partial charge in [0.15, 0.2) is 18.9 Å². The normalized spacial score (nSPS) is 48.6. The third kappa shape index (κ3) is 5.91. The summed E-state index contributed by atoms with van der Waals surface area (Å²) < 4.78 is 26.8. The highest BCUT2D eigenvalue weighted by Gasteiger charge is 2.53. The van der Waals surface area contributed by atoms with Crippen molar-refractivity contribution in [1.82, 2.24) is 5.32 Å². The van der Waals surface area contributed by atoms with Crippen molar-refractivity contribution in [3.8, 4) is 0 Å². The van der Waals surface area contributed by atoms with E-state index < -0.39 is 112 Å². The lowest BCUT2D eigenvalue weighted by Gasteiger charge is -2.47. The van der Waals surface area contributed by atoms with Crippen LogP contribution in [0.15, 0.2) is 0 Å². The molecule has 16 nitrogen and oxygen atoms in total. The summed E-state index contributed by atoms with van der Waals surface area (Å²) in [5.41, 5.74) is 0. The smallest absolute Gasteiger partial charge is 0.217 e. The molecule has 1 amide bonds. The van der Waals surface area contributed by atoms with Gasteiger partial charge in [0.05, 0.1) is 19.8 Å². The molecule has 35 heavy (non-hydrogen) atoms. The van der Waals surface area contributed by atoms with E-state index in [1.165, 1.54) is 0 Å². The summed E-state index contributed by atoms with van der Waals surface area (Å²) in [6.07, 6.45) is -20.3. The molecule has 0 unspecified atom stereocenters. The fourth-order valence-corrected chi connectivity index (χ4v) is 4.26. The van der Waals surface area contributed by atoms with Gasteiger partial charge in [-0.05, 0) is 0 Å². The number of hydrogen-bond acceptors (Lipinski definition) is 15. The van der Waals surface area contributed by atoms with Crippen LogP contribution in [0.5, 0.6) is 0 Å². The zero-order valence-electron chi connectivity index (χ0n) is 18.7. The molecule has 0 aliphatic carbocycles. The summed E-state index contributed by atoms with van der Waals surface area (Å²) in [5, 5.41) is 92.7. The van der Waals surface area contributed by atoms with Crippen LogP contribution in [0.2, 0.25) is 0 Å². The minimum absolute atomic E-state index is 0.619. The molecule has 3 fully saturated rings. The molecule has 0 saturated carbocycles. The average Bonchev–Trinajstić information content (AvgIpc) is 3.10. The fourth-order valence-electron chi connectivity index (χ4n) is 4.26. The molecule has 14 atom stereocenters. The van der Waals surface area contributed by atoms with Gasteiger partial charge in [-0.1, -0.05) is 0 Å². The van der Waals surface area contributed by atoms with E-state index in [0.29, 0.717) is 0 Å². The highest BCUT2D eigenvalue weighted by Crippen LogP contribution is 2.32. The number of hydrogen-bond donors (Lipinski definition) is 10. The summed E-state index contributed by atoms with van der Waals surface area (Å²) in [6.45, 7) is -1.00. The van der Waals surface area contributed by atoms with Crippen LogP contribution in [0.1, 0.15) is 6.92 Å². The van der Waals surface area contributed by atoms with E-state index in [4.69, 9.17) is 23.7 Å². The molecule has 0 spiro atoms. The lowest BCUT2D eigenvalue weighted by Crippen LogP contribution is -2.68. The number of amides is 1. The van der Waals surface area contributed by atoms with Crippen LogP contribution < -0.4 is 5.32 Å². The Morgan fingerprint density at radius 2 is 1.17 bits per heavy atom. The Morgan fingerprint density at radius 1 is 0.686 bits per heavy atom. The van der Waals surface area contributed by atoms with Crippen molar-refractivity contribution < 1.29 is 74.4 Å². The van der Waals surface area contributed by atoms with Crippen LogP contribution in [-0.2, 0) is 28.5 Å². The third-order valence-electron chi connectivity index (χ3n) is 6.14. The highest BCUT2D eigenvalue weighted by atomic mass is 16.7. The van der Waals surface area contributed by atoms with E-state index in [1.807, 2.05) is 0 Å². The van der Waals surface area contributed by atoms with E-state index in [9.17, 15) is 50.8 Å². The Hall–Kier alpha value is -1.09. The molecule has 0 aromatic rings. The number of aliphatic hydroxyl groups is 9. The Kier molecular flexibility index (Phi) is 9.74. The number of ether oxygens (including phenoxy) is 5. The molecule has 204 valence electrons. The Labute approximate surface area is 199 Å². The molecule has 0 aromatic heterocycles. The van der Waals surface area contributed by atoms with Crippen LogP contribution in [0, 0.1) is 0 Å². The molecule has 0 radical (unpaired) electrons. The van der Waals surface area contributed by atoms with E-state index in [0.717, 1.165) is 6.92 Å². The molecule has 0 bridgehead atoms. The second-order valence-corrected chi connectivity index (χ2v) is 8.58. The zero-order chi connectivity index (χ0) is 26.0. The lowest BCUT2D eigenvalue weighted by molar-refractivity contribution is -0.356. The maximum Gasteiger partial charge on any atom is 0.217 e. The number of nitrogens with one attached hydrogen (secondary N) is 1. The van der Waals surface area contributed by atoms with Crippen molar-refractivity contribution in [2.24, 2.45) is 0 Å². The van der Waals surface area contributed by atoms with Crippen molar-refractivity contribution in [2.75, 3.05) is 19.8 Å². The van der Waals surface area contributed by atoms with Gasteiger partial charge in [-0.2, -0.15) is 0 Å². The van der Waals surface area contributed by atoms with Crippen LogP contribution in [0.25, 0.3) is 0 Å². The molecule has 3 heterocycles. The minimum Gasteiger partial charge on any atom is -0.394 e. The van der Waals surface area contributed by atoms with E-state index in [2.05, 4.69) is 5.32 Å². The molecule has 3 aliphatic rings. The molecule has 3 rings (SSSR count). The highest BCUT2D eigenvalue weighted by molar-refractivity contribution is 5.73. The van der Waals surface area contributed by atoms with Gasteiger partial charge in [0.25, 0.3) is 0 Å². The number of carbonyl (C=O) groups is 1. The molecule has 0 aromatic carbocycles. The first-order chi connectivity index (χ1) is 16.5. The maximum absolute atomic E-state index is 11.6. The van der Waals surface area contributed by atoms with Crippen LogP contribution in [0.4, 0.5) is 0 Å². The number of rotatable bonds is 8. The van der Waals surface area contributed by atoms with Crippen LogP contribution in [-0.4, -0.2) is 158 Å². The van der Waals surface area contributed by atoms with Gasteiger partial charge in [0, 0.05) is 6.92 Å². The monoisotopic (exact) mass is 515 g/mol. The summed E-state index contributed by atoms with van der Waals surface area (Å²) in [5.74, 6) is -0.619. The zero-order valence-corrected chi connectivity index (χ0v) is 18.7. The second-order valence-electron chi connectivity index (χ2n) is 8.58. The summed E-state index contributed by atoms with van der Waals surface area (Å²) in [4.78, 5) is 11.6. The number of aliphatic hydroxyl groups excluding tert-OH is 9. The van der Waals surface area contributed by atoms with Gasteiger partial charge in [-0.25, -0.2) is 0 Å². The van der Waals surface area contributed by atoms with Gasteiger partial charge in [-0.15, -0.1) is 0 Å². The standard InChI is InChI=1S/C19H33NO15/c1-5(24)20-9-16(11(26)7(3-22)31-17(9)30)35-19-14(29)12(27)15(8(4-23)33-19)34-18-13(28)10(25)6(2-21)32-18/h6-19,21-23,25-30H,2-4H2,1H3,(H,20,24)/t6-,7-,8-,9-,10-,11+,12-,13-,14-,15+,16-,17-,18+,19+/m1/s1. The Balaban J connectivity index is 1.75. The van der Waals surface area contributed by atoms with Crippen LogP contribution >= 0.6 is 0 Å². The molecule has 16 heteroatoms. The lowest BCUT2D eigenvalue weighted by atomic mass is 9.95. The second kappa shape index (κ2) is 12.0. The molecule has 10 N–H and O–H groups in total. The van der Waals surface area contributed by atoms with Gasteiger partial charge in [-0.3, -0.25) is 4.79 Å². The molecule has 3 aliphatic heterocycles. The van der Waals surface area contributed by atoms with Gasteiger partial charge in [0.2, 0.25) is 5.91 Å². The predicted molar refractivity (Wildman–Crippen MR) is 107 cm³/mol. The average molecular weight is 515 g/mol. The Morgan fingerprint density at radius 3 is 1.69 bits per heavy atom. The summed E-state index contributed by atoms with van der Waals surface area (Å²) in [6, 6.07) is -1.36. The first-order valence-corrected chi connectivity index (χ1v) is 11.0. The van der Waals surface area contributed by atoms with E-state index in [1.54, 1.807) is 0 Å². The van der Waals surface area contributed by atoms with Crippen molar-refractivity contribution in [3.05, 3.63) is 0 Å². The SMILES string of the molecule is CC(=O)N[C@@H]1[C@@H](O[C@@H]2O[C@H](CO)[C@H](O[C@@H]3O[C@H](CO)[C@@H](O)[C@H]3O)[C@H](O)[C@H]2O)[C@@H](O)[C@@H](CO)O[C@H]1O. The summed E-state index contributed by atoms with van der Waals surface area (Å²) >= 11 is 0. The molecule has 3 saturated heterocycles. The summed E-state index contributed by atoms with van der Waals surface area (Å²) in [7, 11) is 0. The van der Waals surface area contributed by atoms with Gasteiger partial charge >= 0.3 is 0 Å². The Bertz CT molecular complexity index is 699.